The van der Waals surface area contributed by atoms with Crippen LogP contribution in [-0.4, -0.2) is 10.2 Å². The van der Waals surface area contributed by atoms with Crippen molar-refractivity contribution in [2.45, 2.75) is 19.4 Å². The summed E-state index contributed by atoms with van der Waals surface area (Å²) in [4.78, 5) is 0. The number of rotatable bonds is 3. The lowest BCUT2D eigenvalue weighted by atomic mass is 9.95. The molecule has 0 saturated carbocycles. The molecule has 2 nitrogen and oxygen atoms in total. The summed E-state index contributed by atoms with van der Waals surface area (Å²) in [6.45, 7) is 1.94. The van der Waals surface area contributed by atoms with Crippen LogP contribution >= 0.6 is 0 Å². The molecular formula is C15H16O2. The molecular weight excluding hydrogens is 212 g/mol. The van der Waals surface area contributed by atoms with Gasteiger partial charge in [-0.15, -0.1) is 0 Å². The molecule has 2 aromatic rings. The van der Waals surface area contributed by atoms with Crippen molar-refractivity contribution in [3.8, 4) is 16.9 Å². The molecule has 1 unspecified atom stereocenters. The van der Waals surface area contributed by atoms with Gasteiger partial charge in [-0.2, -0.15) is 0 Å². The number of benzene rings is 2. The van der Waals surface area contributed by atoms with Gasteiger partial charge in [0.1, 0.15) is 5.75 Å². The summed E-state index contributed by atoms with van der Waals surface area (Å²) < 4.78 is 0. The number of aliphatic hydroxyl groups excluding tert-OH is 1. The van der Waals surface area contributed by atoms with Gasteiger partial charge < -0.3 is 10.2 Å². The van der Waals surface area contributed by atoms with E-state index in [0.717, 1.165) is 16.7 Å². The molecule has 0 aliphatic rings. The zero-order chi connectivity index (χ0) is 12.3. The number of para-hydroxylation sites is 1. The predicted molar refractivity (Wildman–Crippen MR) is 68.8 cm³/mol. The third-order valence-corrected chi connectivity index (χ3v) is 2.90. The third kappa shape index (κ3) is 2.32. The first-order valence-electron chi connectivity index (χ1n) is 5.79. The Bertz CT molecular complexity index is 506. The lowest BCUT2D eigenvalue weighted by Gasteiger charge is -2.14. The average molecular weight is 228 g/mol. The Labute approximate surface area is 101 Å². The second-order valence-electron chi connectivity index (χ2n) is 4.03. The highest BCUT2D eigenvalue weighted by Crippen LogP contribution is 2.34. The summed E-state index contributed by atoms with van der Waals surface area (Å²) >= 11 is 0. The summed E-state index contributed by atoms with van der Waals surface area (Å²) in [7, 11) is 0. The van der Waals surface area contributed by atoms with Gasteiger partial charge in [-0.25, -0.2) is 0 Å². The normalized spacial score (nSPS) is 12.4. The van der Waals surface area contributed by atoms with Crippen LogP contribution < -0.4 is 0 Å². The van der Waals surface area contributed by atoms with E-state index in [0.29, 0.717) is 6.42 Å². The molecule has 2 N–H and O–H groups in total. The van der Waals surface area contributed by atoms with E-state index in [4.69, 9.17) is 0 Å². The molecule has 2 rings (SSSR count). The van der Waals surface area contributed by atoms with Gasteiger partial charge in [-0.3, -0.25) is 0 Å². The number of phenolic OH excluding ortho intramolecular Hbond substituents is 1. The quantitative estimate of drug-likeness (QED) is 0.844. The molecule has 88 valence electrons. The fraction of sp³-hybridized carbons (Fsp3) is 0.200. The summed E-state index contributed by atoms with van der Waals surface area (Å²) in [6.07, 6.45) is 0.163. The molecule has 0 amide bonds. The highest BCUT2D eigenvalue weighted by molar-refractivity contribution is 5.73. The van der Waals surface area contributed by atoms with E-state index < -0.39 is 6.10 Å². The van der Waals surface area contributed by atoms with E-state index in [1.165, 1.54) is 0 Å². The topological polar surface area (TPSA) is 40.5 Å². The summed E-state index contributed by atoms with van der Waals surface area (Å²) in [5.41, 5.74) is 2.51. The second-order valence-corrected chi connectivity index (χ2v) is 4.03. The largest absolute Gasteiger partial charge is 0.507 e. The second kappa shape index (κ2) is 5.02. The van der Waals surface area contributed by atoms with E-state index >= 15 is 0 Å². The molecule has 0 aromatic heterocycles. The van der Waals surface area contributed by atoms with E-state index in [-0.39, 0.29) is 5.75 Å². The number of hydrogen-bond acceptors (Lipinski definition) is 2. The van der Waals surface area contributed by atoms with Gasteiger partial charge in [-0.05, 0) is 23.6 Å². The van der Waals surface area contributed by atoms with Gasteiger partial charge in [0.15, 0.2) is 0 Å². The van der Waals surface area contributed by atoms with Crippen LogP contribution in [0.2, 0.25) is 0 Å². The maximum Gasteiger partial charge on any atom is 0.123 e. The van der Waals surface area contributed by atoms with E-state index in [9.17, 15) is 10.2 Å². The standard InChI is InChI=1S/C15H16O2/c1-2-14(16)12-8-4-3-7-11(12)13-9-5-6-10-15(13)17/h3-10,14,16-17H,2H2,1H3. The van der Waals surface area contributed by atoms with Crippen molar-refractivity contribution in [3.63, 3.8) is 0 Å². The van der Waals surface area contributed by atoms with Crippen LogP contribution in [-0.2, 0) is 0 Å². The first-order chi connectivity index (χ1) is 8.24. The zero-order valence-corrected chi connectivity index (χ0v) is 9.80. The first-order valence-corrected chi connectivity index (χ1v) is 5.79. The molecule has 0 radical (unpaired) electrons. The minimum absolute atomic E-state index is 0.239. The highest BCUT2D eigenvalue weighted by Gasteiger charge is 2.13. The van der Waals surface area contributed by atoms with Gasteiger partial charge in [-0.1, -0.05) is 49.4 Å². The Morgan fingerprint density at radius 3 is 2.18 bits per heavy atom. The van der Waals surface area contributed by atoms with Crippen LogP contribution in [0.4, 0.5) is 0 Å². The number of hydrogen-bond donors (Lipinski definition) is 2. The zero-order valence-electron chi connectivity index (χ0n) is 9.80. The van der Waals surface area contributed by atoms with Crippen LogP contribution in [0.1, 0.15) is 25.0 Å². The van der Waals surface area contributed by atoms with E-state index in [2.05, 4.69) is 0 Å². The Hall–Kier alpha value is -1.80. The Morgan fingerprint density at radius 1 is 0.941 bits per heavy atom. The fourth-order valence-corrected chi connectivity index (χ4v) is 1.95. The lowest BCUT2D eigenvalue weighted by molar-refractivity contribution is 0.174. The van der Waals surface area contributed by atoms with Crippen LogP contribution in [0.15, 0.2) is 48.5 Å². The maximum atomic E-state index is 9.98. The van der Waals surface area contributed by atoms with Gasteiger partial charge in [0.2, 0.25) is 0 Å². The molecule has 0 aliphatic heterocycles. The molecule has 17 heavy (non-hydrogen) atoms. The van der Waals surface area contributed by atoms with Crippen molar-refractivity contribution in [2.24, 2.45) is 0 Å². The summed E-state index contributed by atoms with van der Waals surface area (Å²) in [5.74, 6) is 0.239. The van der Waals surface area contributed by atoms with Gasteiger partial charge in [0, 0.05) is 5.56 Å². The van der Waals surface area contributed by atoms with Crippen LogP contribution in [0, 0.1) is 0 Å². The molecule has 0 fully saturated rings. The Morgan fingerprint density at radius 2 is 1.53 bits per heavy atom. The summed E-state index contributed by atoms with van der Waals surface area (Å²) in [5, 5.41) is 19.8. The molecule has 0 heterocycles. The van der Waals surface area contributed by atoms with Crippen molar-refractivity contribution >= 4 is 0 Å². The van der Waals surface area contributed by atoms with Crippen molar-refractivity contribution in [1.82, 2.24) is 0 Å². The number of aromatic hydroxyl groups is 1. The minimum atomic E-state index is -0.495. The Balaban J connectivity index is 2.56. The SMILES string of the molecule is CCC(O)c1ccccc1-c1ccccc1O. The molecule has 1 atom stereocenters. The smallest absolute Gasteiger partial charge is 0.123 e. The third-order valence-electron chi connectivity index (χ3n) is 2.90. The van der Waals surface area contributed by atoms with Crippen molar-refractivity contribution < 1.29 is 10.2 Å². The minimum Gasteiger partial charge on any atom is -0.507 e. The lowest BCUT2D eigenvalue weighted by Crippen LogP contribution is -1.98. The summed E-state index contributed by atoms with van der Waals surface area (Å²) in [6, 6.07) is 14.8. The van der Waals surface area contributed by atoms with Crippen LogP contribution in [0.25, 0.3) is 11.1 Å². The molecule has 2 aromatic carbocycles. The predicted octanol–water partition coefficient (Wildman–Crippen LogP) is 3.50. The van der Waals surface area contributed by atoms with Crippen molar-refractivity contribution in [2.75, 3.05) is 0 Å². The average Bonchev–Trinajstić information content (AvgIpc) is 2.38. The van der Waals surface area contributed by atoms with Gasteiger partial charge in [0.25, 0.3) is 0 Å². The van der Waals surface area contributed by atoms with Crippen LogP contribution in [0.5, 0.6) is 5.75 Å². The maximum absolute atomic E-state index is 9.98. The molecule has 0 aliphatic carbocycles. The van der Waals surface area contributed by atoms with E-state index in [1.807, 2.05) is 43.3 Å². The highest BCUT2D eigenvalue weighted by atomic mass is 16.3. The van der Waals surface area contributed by atoms with Crippen LogP contribution in [0.3, 0.4) is 0 Å². The Kier molecular flexibility index (Phi) is 3.45. The molecule has 0 spiro atoms. The first kappa shape index (κ1) is 11.7. The molecule has 0 saturated heterocycles. The molecule has 2 heteroatoms. The van der Waals surface area contributed by atoms with E-state index in [1.54, 1.807) is 12.1 Å². The van der Waals surface area contributed by atoms with Gasteiger partial charge >= 0.3 is 0 Å². The van der Waals surface area contributed by atoms with Crippen molar-refractivity contribution in [1.29, 1.82) is 0 Å². The monoisotopic (exact) mass is 228 g/mol. The van der Waals surface area contributed by atoms with Crippen molar-refractivity contribution in [3.05, 3.63) is 54.1 Å². The van der Waals surface area contributed by atoms with Gasteiger partial charge in [0.05, 0.1) is 6.10 Å². The number of aliphatic hydroxyl groups is 1. The fourth-order valence-electron chi connectivity index (χ4n) is 1.95. The number of phenols is 1. The molecule has 0 bridgehead atoms.